The predicted octanol–water partition coefficient (Wildman–Crippen LogP) is 15.5. The molecule has 2 aromatic heterocycles. The minimum absolute atomic E-state index is 1.02. The fraction of sp³-hybridized carbons (Fsp3) is 0.0690. The van der Waals surface area contributed by atoms with Crippen LogP contribution in [0.5, 0.6) is 0 Å². The van der Waals surface area contributed by atoms with E-state index >= 15 is 0 Å². The van der Waals surface area contributed by atoms with E-state index in [9.17, 15) is 0 Å². The van der Waals surface area contributed by atoms with Gasteiger partial charge in [-0.15, -0.1) is 0 Å². The van der Waals surface area contributed by atoms with Crippen molar-refractivity contribution in [3.8, 4) is 33.6 Å². The van der Waals surface area contributed by atoms with Crippen molar-refractivity contribution in [2.45, 2.75) is 26.7 Å². The molecular formula is C58H42N2. The van der Waals surface area contributed by atoms with Crippen LogP contribution >= 0.6 is 0 Å². The summed E-state index contributed by atoms with van der Waals surface area (Å²) in [6, 6.07) is 69.6. The molecule has 1 aliphatic carbocycles. The lowest BCUT2D eigenvalue weighted by Crippen LogP contribution is -2.04. The van der Waals surface area contributed by atoms with E-state index in [2.05, 4.69) is 217 Å². The van der Waals surface area contributed by atoms with Crippen molar-refractivity contribution in [1.29, 1.82) is 0 Å². The lowest BCUT2D eigenvalue weighted by atomic mass is 9.88. The van der Waals surface area contributed by atoms with E-state index < -0.39 is 0 Å². The fourth-order valence-electron chi connectivity index (χ4n) is 10.3. The number of hydrogen-bond acceptors (Lipinski definition) is 0. The monoisotopic (exact) mass is 766 g/mol. The Hall–Kier alpha value is -7.42. The molecule has 2 heterocycles. The number of benzene rings is 9. The average Bonchev–Trinajstić information content (AvgIpc) is 3.81. The molecule has 0 radical (unpaired) electrons. The SMILES string of the molecule is Cc1cc(-n2c3c(c4ccccc42)CCC(c2cccc4ccccc24)=C3)ccc1-c1ccc(-n2c3ccccc3c3ccc(-c4cccc5ccccc45)cc32)cc1C. The maximum absolute atomic E-state index is 2.50. The number of allylic oxidation sites excluding steroid dienone is 1. The van der Waals surface area contributed by atoms with Gasteiger partial charge in [-0.3, -0.25) is 0 Å². The van der Waals surface area contributed by atoms with Crippen LogP contribution in [0.15, 0.2) is 188 Å². The van der Waals surface area contributed by atoms with Gasteiger partial charge in [0.05, 0.1) is 22.2 Å². The van der Waals surface area contributed by atoms with E-state index in [-0.39, 0.29) is 0 Å². The smallest absolute Gasteiger partial charge is 0.0547 e. The van der Waals surface area contributed by atoms with E-state index in [1.54, 1.807) is 0 Å². The molecule has 0 unspecified atom stereocenters. The molecule has 2 nitrogen and oxygen atoms in total. The Morgan fingerprint density at radius 2 is 0.900 bits per heavy atom. The first-order valence-electron chi connectivity index (χ1n) is 21.1. The third kappa shape index (κ3) is 5.34. The van der Waals surface area contributed by atoms with Crippen LogP contribution in [0.4, 0.5) is 0 Å². The van der Waals surface area contributed by atoms with E-state index in [4.69, 9.17) is 0 Å². The molecule has 1 aliphatic rings. The summed E-state index contributed by atoms with van der Waals surface area (Å²) in [6.07, 6.45) is 4.52. The molecule has 0 bridgehead atoms. The molecular weight excluding hydrogens is 725 g/mol. The zero-order chi connectivity index (χ0) is 39.9. The van der Waals surface area contributed by atoms with Gasteiger partial charge in [0.15, 0.2) is 0 Å². The highest BCUT2D eigenvalue weighted by atomic mass is 15.0. The Bertz CT molecular complexity index is 3560. The maximum atomic E-state index is 2.50. The van der Waals surface area contributed by atoms with Gasteiger partial charge in [-0.1, -0.05) is 146 Å². The maximum Gasteiger partial charge on any atom is 0.0547 e. The normalized spacial score (nSPS) is 12.8. The Morgan fingerprint density at radius 1 is 0.367 bits per heavy atom. The molecule has 12 rings (SSSR count). The summed E-state index contributed by atoms with van der Waals surface area (Å²) in [6.45, 7) is 4.53. The lowest BCUT2D eigenvalue weighted by molar-refractivity contribution is 0.981. The summed E-state index contributed by atoms with van der Waals surface area (Å²) in [5, 5.41) is 9.03. The van der Waals surface area contributed by atoms with E-state index in [1.165, 1.54) is 121 Å². The molecule has 0 atom stereocenters. The second-order valence-electron chi connectivity index (χ2n) is 16.5. The van der Waals surface area contributed by atoms with Gasteiger partial charge in [0.25, 0.3) is 0 Å². The van der Waals surface area contributed by atoms with Gasteiger partial charge in [-0.25, -0.2) is 0 Å². The van der Waals surface area contributed by atoms with Crippen molar-refractivity contribution in [1.82, 2.24) is 9.13 Å². The first kappa shape index (κ1) is 34.6. The quantitative estimate of drug-likeness (QED) is 0.165. The minimum atomic E-state index is 1.02. The molecule has 9 aromatic carbocycles. The molecule has 2 heteroatoms. The number of nitrogens with zero attached hydrogens (tertiary/aromatic N) is 2. The molecule has 0 N–H and O–H groups in total. The number of rotatable bonds is 5. The van der Waals surface area contributed by atoms with E-state index in [0.717, 1.165) is 12.8 Å². The van der Waals surface area contributed by atoms with Crippen molar-refractivity contribution in [2.24, 2.45) is 0 Å². The molecule has 60 heavy (non-hydrogen) atoms. The first-order chi connectivity index (χ1) is 29.6. The summed E-state index contributed by atoms with van der Waals surface area (Å²) < 4.78 is 4.95. The molecule has 0 saturated heterocycles. The van der Waals surface area contributed by atoms with Gasteiger partial charge in [-0.05, 0) is 147 Å². The Labute approximate surface area is 349 Å². The van der Waals surface area contributed by atoms with Crippen molar-refractivity contribution in [3.05, 3.63) is 216 Å². The van der Waals surface area contributed by atoms with Crippen molar-refractivity contribution in [3.63, 3.8) is 0 Å². The molecule has 284 valence electrons. The second-order valence-corrected chi connectivity index (χ2v) is 16.5. The van der Waals surface area contributed by atoms with Crippen LogP contribution in [0.25, 0.3) is 99.5 Å². The molecule has 11 aromatic rings. The predicted molar refractivity (Wildman–Crippen MR) is 256 cm³/mol. The van der Waals surface area contributed by atoms with Gasteiger partial charge >= 0.3 is 0 Å². The summed E-state index contributed by atoms with van der Waals surface area (Å²) in [4.78, 5) is 0. The Kier molecular flexibility index (Phi) is 7.83. The number of aromatic nitrogens is 2. The van der Waals surface area contributed by atoms with Gasteiger partial charge in [0.1, 0.15) is 0 Å². The van der Waals surface area contributed by atoms with Crippen LogP contribution in [0.3, 0.4) is 0 Å². The highest BCUT2D eigenvalue weighted by Crippen LogP contribution is 2.42. The Morgan fingerprint density at radius 3 is 1.58 bits per heavy atom. The topological polar surface area (TPSA) is 9.86 Å². The summed E-state index contributed by atoms with van der Waals surface area (Å²) in [7, 11) is 0. The minimum Gasteiger partial charge on any atom is -0.310 e. The van der Waals surface area contributed by atoms with Gasteiger partial charge in [-0.2, -0.15) is 0 Å². The average molecular weight is 767 g/mol. The standard InChI is InChI=1S/C58H42N2/c1-37-33-43(59-55-23-9-7-19-51(55)53-29-25-41(35-57(53)59)49-21-11-15-39-13-3-5-17-47(39)49)27-31-45(37)46-32-28-44(34-38(46)2)60-56-24-10-8-20-52(56)54-30-26-42(36-58(54)60)50-22-12-16-40-14-4-6-18-48(40)50/h3-25,27-29,31-36H,26,30H2,1-2H3. The molecule has 0 aliphatic heterocycles. The van der Waals surface area contributed by atoms with Crippen LogP contribution in [-0.4, -0.2) is 9.13 Å². The van der Waals surface area contributed by atoms with Crippen molar-refractivity contribution in [2.75, 3.05) is 0 Å². The van der Waals surface area contributed by atoms with Crippen LogP contribution < -0.4 is 0 Å². The molecule has 0 spiro atoms. The number of para-hydroxylation sites is 2. The van der Waals surface area contributed by atoms with Crippen LogP contribution in [-0.2, 0) is 6.42 Å². The van der Waals surface area contributed by atoms with Gasteiger partial charge < -0.3 is 9.13 Å². The van der Waals surface area contributed by atoms with Crippen LogP contribution in [0.1, 0.15) is 34.4 Å². The van der Waals surface area contributed by atoms with Gasteiger partial charge in [0.2, 0.25) is 0 Å². The third-order valence-electron chi connectivity index (χ3n) is 13.1. The fourth-order valence-corrected chi connectivity index (χ4v) is 10.3. The second kappa shape index (κ2) is 13.6. The summed E-state index contributed by atoms with van der Waals surface area (Å²) >= 11 is 0. The molecule has 0 amide bonds. The van der Waals surface area contributed by atoms with Crippen molar-refractivity contribution >= 4 is 65.9 Å². The zero-order valence-electron chi connectivity index (χ0n) is 33.8. The largest absolute Gasteiger partial charge is 0.310 e. The summed E-state index contributed by atoms with van der Waals surface area (Å²) in [5.41, 5.74) is 19.1. The number of aryl methyl sites for hydroxylation is 3. The highest BCUT2D eigenvalue weighted by Gasteiger charge is 2.23. The van der Waals surface area contributed by atoms with Crippen LogP contribution in [0, 0.1) is 13.8 Å². The highest BCUT2D eigenvalue weighted by molar-refractivity contribution is 6.11. The third-order valence-corrected chi connectivity index (χ3v) is 13.1. The first-order valence-corrected chi connectivity index (χ1v) is 21.1. The molecule has 0 saturated carbocycles. The Balaban J connectivity index is 0.954. The van der Waals surface area contributed by atoms with E-state index in [1.807, 2.05) is 0 Å². The van der Waals surface area contributed by atoms with Crippen LogP contribution in [0.2, 0.25) is 0 Å². The van der Waals surface area contributed by atoms with Crippen molar-refractivity contribution < 1.29 is 0 Å². The van der Waals surface area contributed by atoms with E-state index in [0.29, 0.717) is 0 Å². The zero-order valence-corrected chi connectivity index (χ0v) is 33.8. The number of hydrogen-bond donors (Lipinski definition) is 0. The van der Waals surface area contributed by atoms with Gasteiger partial charge in [0, 0.05) is 27.5 Å². The number of fused-ring (bicyclic) bond motifs is 8. The lowest BCUT2D eigenvalue weighted by Gasteiger charge is -2.19. The molecule has 0 fully saturated rings. The summed E-state index contributed by atoms with van der Waals surface area (Å²) in [5.74, 6) is 0.